The summed E-state index contributed by atoms with van der Waals surface area (Å²) >= 11 is 6.83. The number of hydrogen-bond acceptors (Lipinski definition) is 3. The van der Waals surface area contributed by atoms with Crippen molar-refractivity contribution in [1.29, 1.82) is 0 Å². The first-order valence-electron chi connectivity index (χ1n) is 6.84. The third kappa shape index (κ3) is 3.15. The van der Waals surface area contributed by atoms with Crippen molar-refractivity contribution in [2.24, 2.45) is 11.1 Å². The van der Waals surface area contributed by atoms with Crippen molar-refractivity contribution in [3.63, 3.8) is 0 Å². The minimum atomic E-state index is -0.664. The van der Waals surface area contributed by atoms with Gasteiger partial charge in [0.15, 0.2) is 0 Å². The van der Waals surface area contributed by atoms with Crippen molar-refractivity contribution < 1.29 is 4.79 Å². The Morgan fingerprint density at radius 1 is 1.35 bits per heavy atom. The summed E-state index contributed by atoms with van der Waals surface area (Å²) in [5.41, 5.74) is 6.02. The van der Waals surface area contributed by atoms with Gasteiger partial charge in [-0.1, -0.05) is 37.5 Å². The van der Waals surface area contributed by atoms with E-state index in [4.69, 9.17) is 18.0 Å². The van der Waals surface area contributed by atoms with E-state index in [0.717, 1.165) is 42.7 Å². The predicted octanol–water partition coefficient (Wildman–Crippen LogP) is 3.58. The van der Waals surface area contributed by atoms with Gasteiger partial charge in [-0.05, 0) is 37.3 Å². The SMILES string of the molecule is CSc1cccc(NC(=O)C2(C(N)=S)CCCCC2)c1. The van der Waals surface area contributed by atoms with E-state index in [0.29, 0.717) is 4.99 Å². The molecule has 0 spiro atoms. The van der Waals surface area contributed by atoms with Gasteiger partial charge in [0.1, 0.15) is 0 Å². The molecule has 5 heteroatoms. The summed E-state index contributed by atoms with van der Waals surface area (Å²) in [7, 11) is 0. The van der Waals surface area contributed by atoms with Crippen LogP contribution in [0.25, 0.3) is 0 Å². The molecular formula is C15H20N2OS2. The largest absolute Gasteiger partial charge is 0.392 e. The van der Waals surface area contributed by atoms with Crippen LogP contribution >= 0.6 is 24.0 Å². The number of nitrogens with one attached hydrogen (secondary N) is 1. The highest BCUT2D eigenvalue weighted by Gasteiger charge is 2.42. The summed E-state index contributed by atoms with van der Waals surface area (Å²) in [6.45, 7) is 0. The maximum absolute atomic E-state index is 12.6. The second-order valence-corrected chi connectivity index (χ2v) is 6.51. The monoisotopic (exact) mass is 308 g/mol. The van der Waals surface area contributed by atoms with Crippen LogP contribution in [0.15, 0.2) is 29.2 Å². The van der Waals surface area contributed by atoms with E-state index in [-0.39, 0.29) is 5.91 Å². The van der Waals surface area contributed by atoms with Crippen molar-refractivity contribution in [3.8, 4) is 0 Å². The number of hydrogen-bond donors (Lipinski definition) is 2. The Balaban J connectivity index is 2.18. The van der Waals surface area contributed by atoms with Crippen LogP contribution in [-0.2, 0) is 4.79 Å². The molecule has 3 nitrogen and oxygen atoms in total. The lowest BCUT2D eigenvalue weighted by atomic mass is 9.73. The van der Waals surface area contributed by atoms with Gasteiger partial charge in [0.05, 0.1) is 10.4 Å². The number of carbonyl (C=O) groups excluding carboxylic acids is 1. The molecule has 1 aliphatic carbocycles. The minimum Gasteiger partial charge on any atom is -0.392 e. The molecule has 0 atom stereocenters. The molecule has 0 radical (unpaired) electrons. The maximum Gasteiger partial charge on any atom is 0.237 e. The maximum atomic E-state index is 12.6. The first kappa shape index (κ1) is 15.3. The molecule has 0 bridgehead atoms. The van der Waals surface area contributed by atoms with Crippen molar-refractivity contribution >= 4 is 40.6 Å². The van der Waals surface area contributed by atoms with E-state index >= 15 is 0 Å². The van der Waals surface area contributed by atoms with Gasteiger partial charge in [0.2, 0.25) is 5.91 Å². The number of carbonyl (C=O) groups is 1. The van der Waals surface area contributed by atoms with Crippen LogP contribution in [0.5, 0.6) is 0 Å². The molecular weight excluding hydrogens is 288 g/mol. The van der Waals surface area contributed by atoms with E-state index in [1.807, 2.05) is 30.5 Å². The molecule has 1 aromatic carbocycles. The number of benzene rings is 1. The Hall–Kier alpha value is -1.07. The fourth-order valence-electron chi connectivity index (χ4n) is 2.69. The van der Waals surface area contributed by atoms with Gasteiger partial charge >= 0.3 is 0 Å². The molecule has 0 heterocycles. The van der Waals surface area contributed by atoms with Gasteiger partial charge in [-0.2, -0.15) is 0 Å². The van der Waals surface area contributed by atoms with Gasteiger partial charge < -0.3 is 11.1 Å². The Morgan fingerprint density at radius 2 is 2.05 bits per heavy atom. The topological polar surface area (TPSA) is 55.1 Å². The summed E-state index contributed by atoms with van der Waals surface area (Å²) in [4.78, 5) is 14.1. The lowest BCUT2D eigenvalue weighted by Crippen LogP contribution is -2.47. The average molecular weight is 308 g/mol. The number of thioether (sulfide) groups is 1. The summed E-state index contributed by atoms with van der Waals surface area (Å²) in [6.07, 6.45) is 6.70. The van der Waals surface area contributed by atoms with E-state index in [2.05, 4.69) is 5.32 Å². The van der Waals surface area contributed by atoms with Crippen LogP contribution < -0.4 is 11.1 Å². The number of amides is 1. The van der Waals surface area contributed by atoms with Gasteiger partial charge in [-0.25, -0.2) is 0 Å². The average Bonchev–Trinajstić information content (AvgIpc) is 2.48. The van der Waals surface area contributed by atoms with Crippen molar-refractivity contribution in [2.75, 3.05) is 11.6 Å². The molecule has 3 N–H and O–H groups in total. The summed E-state index contributed by atoms with van der Waals surface area (Å²) in [5.74, 6) is -0.0528. The van der Waals surface area contributed by atoms with E-state index in [1.165, 1.54) is 0 Å². The Kier molecular flexibility index (Phi) is 5.05. The standard InChI is InChI=1S/C15H20N2OS2/c1-20-12-7-5-6-11(10-12)17-14(18)15(13(16)19)8-3-2-4-9-15/h5-7,10H,2-4,8-9H2,1H3,(H2,16,19)(H,17,18). The Bertz CT molecular complexity index is 510. The molecule has 1 aliphatic rings. The lowest BCUT2D eigenvalue weighted by Gasteiger charge is -2.34. The number of rotatable bonds is 4. The molecule has 1 fully saturated rings. The van der Waals surface area contributed by atoms with E-state index in [9.17, 15) is 4.79 Å². The molecule has 1 aromatic rings. The zero-order valence-electron chi connectivity index (χ0n) is 11.6. The first-order valence-corrected chi connectivity index (χ1v) is 8.47. The third-order valence-electron chi connectivity index (χ3n) is 3.94. The Morgan fingerprint density at radius 3 is 2.65 bits per heavy atom. The fraction of sp³-hybridized carbons (Fsp3) is 0.467. The van der Waals surface area contributed by atoms with Crippen LogP contribution in [0.2, 0.25) is 0 Å². The van der Waals surface area contributed by atoms with Crippen molar-refractivity contribution in [3.05, 3.63) is 24.3 Å². The fourth-order valence-corrected chi connectivity index (χ4v) is 3.45. The predicted molar refractivity (Wildman–Crippen MR) is 89.2 cm³/mol. The highest BCUT2D eigenvalue weighted by atomic mass is 32.2. The second kappa shape index (κ2) is 6.59. The van der Waals surface area contributed by atoms with Crippen LogP contribution in [0.3, 0.4) is 0 Å². The number of anilines is 1. The van der Waals surface area contributed by atoms with Crippen LogP contribution in [0.4, 0.5) is 5.69 Å². The zero-order valence-corrected chi connectivity index (χ0v) is 13.3. The smallest absolute Gasteiger partial charge is 0.237 e. The molecule has 1 amide bonds. The summed E-state index contributed by atoms with van der Waals surface area (Å²) in [5, 5.41) is 2.99. The normalized spacial score (nSPS) is 17.4. The van der Waals surface area contributed by atoms with Crippen LogP contribution in [0.1, 0.15) is 32.1 Å². The number of nitrogens with two attached hydrogens (primary N) is 1. The molecule has 0 aromatic heterocycles. The molecule has 2 rings (SSSR count). The van der Waals surface area contributed by atoms with Crippen LogP contribution in [-0.4, -0.2) is 17.2 Å². The quantitative estimate of drug-likeness (QED) is 0.659. The molecule has 0 unspecified atom stereocenters. The van der Waals surface area contributed by atoms with Gasteiger partial charge in [-0.3, -0.25) is 4.79 Å². The third-order valence-corrected chi connectivity index (χ3v) is 5.06. The summed E-state index contributed by atoms with van der Waals surface area (Å²) in [6, 6.07) is 7.83. The Labute approximate surface area is 129 Å². The lowest BCUT2D eigenvalue weighted by molar-refractivity contribution is -0.123. The van der Waals surface area contributed by atoms with Gasteiger partial charge in [0, 0.05) is 10.6 Å². The molecule has 1 saturated carbocycles. The molecule has 20 heavy (non-hydrogen) atoms. The first-order chi connectivity index (χ1) is 9.58. The van der Waals surface area contributed by atoms with Gasteiger partial charge in [-0.15, -0.1) is 11.8 Å². The molecule has 0 aliphatic heterocycles. The molecule has 0 saturated heterocycles. The highest BCUT2D eigenvalue weighted by Crippen LogP contribution is 2.38. The summed E-state index contributed by atoms with van der Waals surface area (Å²) < 4.78 is 0. The highest BCUT2D eigenvalue weighted by molar-refractivity contribution is 7.98. The number of thiocarbonyl (C=S) groups is 1. The van der Waals surface area contributed by atoms with Crippen LogP contribution in [0, 0.1) is 5.41 Å². The zero-order chi connectivity index (χ0) is 14.6. The minimum absolute atomic E-state index is 0.0528. The van der Waals surface area contributed by atoms with E-state index in [1.54, 1.807) is 11.8 Å². The van der Waals surface area contributed by atoms with Crippen molar-refractivity contribution in [2.45, 2.75) is 37.0 Å². The molecule has 108 valence electrons. The van der Waals surface area contributed by atoms with Crippen molar-refractivity contribution in [1.82, 2.24) is 0 Å². The van der Waals surface area contributed by atoms with Gasteiger partial charge in [0.25, 0.3) is 0 Å². The van der Waals surface area contributed by atoms with E-state index < -0.39 is 5.41 Å². The second-order valence-electron chi connectivity index (χ2n) is 5.19.